The van der Waals surface area contributed by atoms with Gasteiger partial charge in [-0.15, -0.1) is 0 Å². The van der Waals surface area contributed by atoms with E-state index >= 15 is 0 Å². The normalized spacial score (nSPS) is 18.2. The molecular formula is C56H35P. The van der Waals surface area contributed by atoms with Gasteiger partial charge in [-0.1, -0.05) is 176 Å². The van der Waals surface area contributed by atoms with E-state index in [0.29, 0.717) is 0 Å². The van der Waals surface area contributed by atoms with Crippen LogP contribution >= 0.6 is 7.92 Å². The van der Waals surface area contributed by atoms with Crippen molar-refractivity contribution in [2.45, 2.75) is 23.7 Å². The van der Waals surface area contributed by atoms with Crippen molar-refractivity contribution < 1.29 is 0 Å². The molecule has 0 aromatic heterocycles. The van der Waals surface area contributed by atoms with Crippen LogP contribution < -0.4 is 15.9 Å². The lowest BCUT2D eigenvalue weighted by Gasteiger charge is -2.33. The van der Waals surface area contributed by atoms with Crippen molar-refractivity contribution in [1.29, 1.82) is 0 Å². The number of benzene rings is 7. The van der Waals surface area contributed by atoms with Crippen LogP contribution in [0.25, 0.3) is 39.0 Å². The Morgan fingerprint density at radius 3 is 1.63 bits per heavy atom. The van der Waals surface area contributed by atoms with Crippen LogP contribution in [0.4, 0.5) is 0 Å². The average Bonchev–Trinajstić information content (AvgIpc) is 3.96. The van der Waals surface area contributed by atoms with Gasteiger partial charge in [-0.25, -0.2) is 0 Å². The summed E-state index contributed by atoms with van der Waals surface area (Å²) in [5, 5.41) is 4.11. The van der Waals surface area contributed by atoms with Gasteiger partial charge < -0.3 is 0 Å². The van der Waals surface area contributed by atoms with E-state index in [4.69, 9.17) is 0 Å². The molecule has 0 N–H and O–H groups in total. The van der Waals surface area contributed by atoms with Gasteiger partial charge in [0, 0.05) is 5.56 Å². The van der Waals surface area contributed by atoms with Gasteiger partial charge in [0.05, 0.1) is 10.8 Å². The molecule has 57 heavy (non-hydrogen) atoms. The molecule has 0 heterocycles. The molecule has 0 aliphatic heterocycles. The van der Waals surface area contributed by atoms with Crippen molar-refractivity contribution in [3.8, 4) is 33.4 Å². The molecular weight excluding hydrogens is 704 g/mol. The summed E-state index contributed by atoms with van der Waals surface area (Å²) >= 11 is 0. The Labute approximate surface area is 335 Å². The maximum atomic E-state index is 3.56. The van der Waals surface area contributed by atoms with Crippen LogP contribution in [-0.2, 0) is 10.8 Å². The lowest BCUT2D eigenvalue weighted by Crippen LogP contribution is -2.29. The smallest absolute Gasteiger partial charge is 0.0732 e. The second kappa shape index (κ2) is 11.5. The molecule has 8 aromatic carbocycles. The molecule has 5 aliphatic carbocycles. The second-order valence-electron chi connectivity index (χ2n) is 16.0. The van der Waals surface area contributed by atoms with Crippen LogP contribution in [-0.4, -0.2) is 0 Å². The molecule has 8 aromatic rings. The first-order valence-electron chi connectivity index (χ1n) is 20.2. The first kappa shape index (κ1) is 31.7. The summed E-state index contributed by atoms with van der Waals surface area (Å²) in [5.74, 6) is 0. The monoisotopic (exact) mass is 738 g/mol. The minimum atomic E-state index is -0.942. The van der Waals surface area contributed by atoms with Gasteiger partial charge in [0.2, 0.25) is 0 Å². The van der Waals surface area contributed by atoms with Crippen LogP contribution in [0.5, 0.6) is 0 Å². The summed E-state index contributed by atoms with van der Waals surface area (Å²) in [6.45, 7) is 0. The molecule has 0 fully saturated rings. The summed E-state index contributed by atoms with van der Waals surface area (Å²) in [5.41, 5.74) is 21.0. The van der Waals surface area contributed by atoms with Crippen LogP contribution in [0.1, 0.15) is 57.3 Å². The van der Waals surface area contributed by atoms with E-state index in [1.54, 1.807) is 0 Å². The van der Waals surface area contributed by atoms with Crippen LogP contribution in [0.3, 0.4) is 0 Å². The van der Waals surface area contributed by atoms with Crippen molar-refractivity contribution in [3.63, 3.8) is 0 Å². The number of hydrogen-bond donors (Lipinski definition) is 0. The van der Waals surface area contributed by atoms with E-state index in [2.05, 4.69) is 200 Å². The molecule has 0 saturated heterocycles. The molecule has 0 nitrogen and oxygen atoms in total. The Bertz CT molecular complexity index is 3020. The maximum absolute atomic E-state index is 3.56. The van der Waals surface area contributed by atoms with Gasteiger partial charge in [-0.05, 0) is 144 Å². The van der Waals surface area contributed by atoms with Crippen molar-refractivity contribution in [2.24, 2.45) is 0 Å². The van der Waals surface area contributed by atoms with Crippen molar-refractivity contribution in [2.75, 3.05) is 0 Å². The molecule has 3 unspecified atom stereocenters. The van der Waals surface area contributed by atoms with E-state index in [0.717, 1.165) is 18.4 Å². The Morgan fingerprint density at radius 2 is 0.947 bits per heavy atom. The largest absolute Gasteiger partial charge is 0.0839 e. The van der Waals surface area contributed by atoms with Gasteiger partial charge in [0.1, 0.15) is 0 Å². The van der Waals surface area contributed by atoms with E-state index in [1.807, 2.05) is 0 Å². The second-order valence-corrected chi connectivity index (χ2v) is 18.3. The topological polar surface area (TPSA) is 0 Å². The summed E-state index contributed by atoms with van der Waals surface area (Å²) in [6.07, 6.45) is 7.04. The van der Waals surface area contributed by atoms with E-state index in [1.165, 1.54) is 99.4 Å². The third kappa shape index (κ3) is 3.89. The molecule has 0 radical (unpaired) electrons. The summed E-state index contributed by atoms with van der Waals surface area (Å²) in [7, 11) is -0.942. The van der Waals surface area contributed by atoms with Crippen molar-refractivity contribution in [3.05, 3.63) is 250 Å². The summed E-state index contributed by atoms with van der Waals surface area (Å²) < 4.78 is 0. The fourth-order valence-electron chi connectivity index (χ4n) is 11.6. The lowest BCUT2D eigenvalue weighted by atomic mass is 9.69. The molecule has 1 heteroatoms. The fourth-order valence-corrected chi connectivity index (χ4v) is 13.9. The first-order valence-corrected chi connectivity index (χ1v) is 21.5. The van der Waals surface area contributed by atoms with Gasteiger partial charge in [-0.2, -0.15) is 0 Å². The molecule has 0 saturated carbocycles. The van der Waals surface area contributed by atoms with Crippen LogP contribution in [0, 0.1) is 12.1 Å². The predicted molar refractivity (Wildman–Crippen MR) is 236 cm³/mol. The highest BCUT2D eigenvalue weighted by molar-refractivity contribution is 7.79. The third-order valence-corrected chi connectivity index (χ3v) is 16.0. The number of hydrogen-bond acceptors (Lipinski definition) is 0. The molecule has 3 atom stereocenters. The van der Waals surface area contributed by atoms with Gasteiger partial charge in [0.15, 0.2) is 0 Å². The van der Waals surface area contributed by atoms with Gasteiger partial charge >= 0.3 is 0 Å². The van der Waals surface area contributed by atoms with Crippen molar-refractivity contribution >= 4 is 29.4 Å². The van der Waals surface area contributed by atoms with E-state index in [9.17, 15) is 0 Å². The quantitative estimate of drug-likeness (QED) is 0.158. The highest BCUT2D eigenvalue weighted by Gasteiger charge is 2.54. The molecule has 13 rings (SSSR count). The van der Waals surface area contributed by atoms with Gasteiger partial charge in [0.25, 0.3) is 0 Å². The lowest BCUT2D eigenvalue weighted by molar-refractivity contribution is 0.781. The van der Waals surface area contributed by atoms with Gasteiger partial charge in [-0.3, -0.25) is 0 Å². The Morgan fingerprint density at radius 1 is 0.421 bits per heavy atom. The zero-order valence-electron chi connectivity index (χ0n) is 31.3. The Balaban J connectivity index is 1.08. The zero-order valence-corrected chi connectivity index (χ0v) is 32.2. The number of fused-ring (bicyclic) bond motifs is 19. The summed E-state index contributed by atoms with van der Waals surface area (Å²) in [4.78, 5) is 0. The number of allylic oxidation sites excluding steroid dienone is 4. The minimum Gasteiger partial charge on any atom is -0.0839 e. The Kier molecular flexibility index (Phi) is 6.40. The Hall–Kier alpha value is -6.51. The highest BCUT2D eigenvalue weighted by atomic mass is 31.1. The maximum Gasteiger partial charge on any atom is 0.0732 e. The summed E-state index contributed by atoms with van der Waals surface area (Å²) in [6, 6.07) is 74.0. The minimum absolute atomic E-state index is 0.336. The molecule has 0 bridgehead atoms. The fraction of sp³-hybridized carbons (Fsp3) is 0.0714. The molecule has 0 amide bonds. The van der Waals surface area contributed by atoms with E-state index in [-0.39, 0.29) is 5.41 Å². The average molecular weight is 739 g/mol. The number of rotatable bonds is 3. The zero-order chi connectivity index (χ0) is 37.3. The third-order valence-electron chi connectivity index (χ3n) is 13.6. The first-order chi connectivity index (χ1) is 28.3. The van der Waals surface area contributed by atoms with Crippen LogP contribution in [0.2, 0.25) is 0 Å². The van der Waals surface area contributed by atoms with Crippen LogP contribution in [0.15, 0.2) is 194 Å². The molecule has 264 valence electrons. The highest BCUT2D eigenvalue weighted by Crippen LogP contribution is 2.65. The standard InChI is InChI=1S/C56H35P/c1-2-16-36(17-3-1)57(37-30-32-45-43-22-8-14-28-51(43)55(53(45)34-37)47-24-10-4-18-39(47)40-19-5-11-25-48(40)55)38-31-33-46-44-23-9-15-29-52(44)56(54(46)35-38)49-26-12-6-20-41(49)42-21-7-13-27-50(42)56/h1-4,6,8-18,20,22-35H,5,19H2. The van der Waals surface area contributed by atoms with E-state index < -0.39 is 13.3 Å². The molecule has 5 aliphatic rings. The molecule has 2 spiro atoms. The van der Waals surface area contributed by atoms with Crippen molar-refractivity contribution in [1.82, 2.24) is 0 Å². The SMILES string of the molecule is c1ccc2c(c#1)-c1ccccc1C21c2ccccc2-c2ccc(P(c3ccccc3)c3ccc4c(c3)C3(C5=C(CCC=C5)c5ccccc53)c3ccccc3-4)cc21. The predicted octanol–water partition coefficient (Wildman–Crippen LogP) is 11.8.